The van der Waals surface area contributed by atoms with Crippen molar-refractivity contribution in [2.24, 2.45) is 0 Å². The van der Waals surface area contributed by atoms with E-state index in [1.165, 1.54) is 0 Å². The fourth-order valence-corrected chi connectivity index (χ4v) is 2.72. The molecule has 22 heavy (non-hydrogen) atoms. The zero-order valence-corrected chi connectivity index (χ0v) is 13.7. The average molecular weight is 320 g/mol. The number of carbonyl (C=O) groups is 1. The Balaban J connectivity index is 1.94. The van der Waals surface area contributed by atoms with Crippen LogP contribution in [-0.2, 0) is 11.4 Å². The van der Waals surface area contributed by atoms with E-state index in [-0.39, 0.29) is 18.6 Å². The molecule has 0 fully saturated rings. The van der Waals surface area contributed by atoms with Crippen LogP contribution in [0.3, 0.4) is 0 Å². The molecule has 1 heterocycles. The Morgan fingerprint density at radius 1 is 1.45 bits per heavy atom. The van der Waals surface area contributed by atoms with E-state index in [4.69, 9.17) is 9.84 Å². The molecule has 1 aromatic carbocycles. The third-order valence-electron chi connectivity index (χ3n) is 3.13. The van der Waals surface area contributed by atoms with E-state index in [0.29, 0.717) is 5.75 Å². The molecule has 2 atom stereocenters. The summed E-state index contributed by atoms with van der Waals surface area (Å²) < 4.78 is 5.62. The van der Waals surface area contributed by atoms with Crippen LogP contribution in [0.4, 0.5) is 0 Å². The number of nitrogens with one attached hydrogen (secondary N) is 1. The number of nitrogens with zero attached hydrogens (tertiary/aromatic N) is 1. The lowest BCUT2D eigenvalue weighted by molar-refractivity contribution is -0.127. The highest BCUT2D eigenvalue weighted by molar-refractivity contribution is 7.11. The molecule has 0 radical (unpaired) electrons. The lowest BCUT2D eigenvalue weighted by Crippen LogP contribution is -2.37. The molecule has 0 aliphatic rings. The summed E-state index contributed by atoms with van der Waals surface area (Å²) in [6.45, 7) is 5.52. The topological polar surface area (TPSA) is 71.5 Å². The summed E-state index contributed by atoms with van der Waals surface area (Å²) in [6.07, 6.45) is 1.17. The number of aliphatic hydroxyl groups is 1. The van der Waals surface area contributed by atoms with Crippen molar-refractivity contribution in [3.05, 3.63) is 45.9 Å². The fraction of sp³-hybridized carbons (Fsp3) is 0.375. The van der Waals surface area contributed by atoms with Crippen molar-refractivity contribution < 1.29 is 14.6 Å². The number of hydrogen-bond donors (Lipinski definition) is 2. The SMILES string of the molecule is Cc1cnc(C(C)NC(=O)C(C)Oc2cccc(CO)c2)s1. The monoisotopic (exact) mass is 320 g/mol. The Kier molecular flexibility index (Phi) is 5.51. The maximum atomic E-state index is 12.2. The van der Waals surface area contributed by atoms with Gasteiger partial charge in [-0.25, -0.2) is 4.98 Å². The molecule has 0 spiro atoms. The molecular weight excluding hydrogens is 300 g/mol. The van der Waals surface area contributed by atoms with Crippen molar-refractivity contribution in [1.29, 1.82) is 0 Å². The molecule has 1 aromatic heterocycles. The zero-order chi connectivity index (χ0) is 16.1. The van der Waals surface area contributed by atoms with Gasteiger partial charge in [0.1, 0.15) is 10.8 Å². The van der Waals surface area contributed by atoms with Crippen molar-refractivity contribution in [3.63, 3.8) is 0 Å². The number of aromatic nitrogens is 1. The van der Waals surface area contributed by atoms with Gasteiger partial charge in [0, 0.05) is 11.1 Å². The molecule has 0 aliphatic carbocycles. The highest BCUT2D eigenvalue weighted by Crippen LogP contribution is 2.19. The summed E-state index contributed by atoms with van der Waals surface area (Å²) in [5.74, 6) is 0.363. The Morgan fingerprint density at radius 3 is 2.86 bits per heavy atom. The van der Waals surface area contributed by atoms with E-state index >= 15 is 0 Å². The molecule has 6 heteroatoms. The van der Waals surface area contributed by atoms with Crippen LogP contribution in [0.1, 0.15) is 35.3 Å². The van der Waals surface area contributed by atoms with Crippen LogP contribution in [0.5, 0.6) is 5.75 Å². The number of thiazole rings is 1. The van der Waals surface area contributed by atoms with Crippen LogP contribution in [0.2, 0.25) is 0 Å². The first-order valence-electron chi connectivity index (χ1n) is 7.08. The van der Waals surface area contributed by atoms with Gasteiger partial charge in [0.15, 0.2) is 6.10 Å². The van der Waals surface area contributed by atoms with Crippen LogP contribution in [0, 0.1) is 6.92 Å². The minimum absolute atomic E-state index is 0.0573. The minimum Gasteiger partial charge on any atom is -0.481 e. The van der Waals surface area contributed by atoms with E-state index in [1.807, 2.05) is 13.8 Å². The predicted molar refractivity (Wildman–Crippen MR) is 85.9 cm³/mol. The van der Waals surface area contributed by atoms with Crippen LogP contribution in [-0.4, -0.2) is 22.1 Å². The lowest BCUT2D eigenvalue weighted by Gasteiger charge is -2.17. The van der Waals surface area contributed by atoms with Gasteiger partial charge in [-0.2, -0.15) is 0 Å². The molecule has 0 saturated heterocycles. The van der Waals surface area contributed by atoms with Gasteiger partial charge in [-0.05, 0) is 38.5 Å². The normalized spacial score (nSPS) is 13.5. The molecule has 118 valence electrons. The largest absolute Gasteiger partial charge is 0.481 e. The summed E-state index contributed by atoms with van der Waals surface area (Å²) in [7, 11) is 0. The third kappa shape index (κ3) is 4.29. The first kappa shape index (κ1) is 16.5. The summed E-state index contributed by atoms with van der Waals surface area (Å²) in [4.78, 5) is 17.6. The van der Waals surface area contributed by atoms with Gasteiger partial charge in [0.05, 0.1) is 12.6 Å². The molecule has 0 saturated carbocycles. The van der Waals surface area contributed by atoms with Crippen LogP contribution in [0.15, 0.2) is 30.5 Å². The van der Waals surface area contributed by atoms with Crippen molar-refractivity contribution in [3.8, 4) is 5.75 Å². The van der Waals surface area contributed by atoms with Gasteiger partial charge >= 0.3 is 0 Å². The van der Waals surface area contributed by atoms with E-state index < -0.39 is 6.10 Å². The molecular formula is C16H20N2O3S. The number of hydrogen-bond acceptors (Lipinski definition) is 5. The molecule has 2 rings (SSSR count). The zero-order valence-electron chi connectivity index (χ0n) is 12.9. The number of rotatable bonds is 6. The number of aliphatic hydroxyl groups excluding tert-OH is 1. The number of ether oxygens (including phenoxy) is 1. The third-order valence-corrected chi connectivity index (χ3v) is 4.23. The highest BCUT2D eigenvalue weighted by atomic mass is 32.1. The van der Waals surface area contributed by atoms with Gasteiger partial charge in [-0.3, -0.25) is 4.79 Å². The molecule has 0 aliphatic heterocycles. The molecule has 1 amide bonds. The smallest absolute Gasteiger partial charge is 0.261 e. The summed E-state index contributed by atoms with van der Waals surface area (Å²) in [6, 6.07) is 6.91. The molecule has 2 N–H and O–H groups in total. The molecule has 2 unspecified atom stereocenters. The summed E-state index contributed by atoms with van der Waals surface area (Å²) in [5.41, 5.74) is 0.747. The quantitative estimate of drug-likeness (QED) is 0.858. The number of benzene rings is 1. The van der Waals surface area contributed by atoms with Crippen LogP contribution < -0.4 is 10.1 Å². The Morgan fingerprint density at radius 2 is 2.23 bits per heavy atom. The summed E-state index contributed by atoms with van der Waals surface area (Å²) >= 11 is 1.56. The van der Waals surface area contributed by atoms with Gasteiger partial charge < -0.3 is 15.2 Å². The lowest BCUT2D eigenvalue weighted by atomic mass is 10.2. The van der Waals surface area contributed by atoms with E-state index in [1.54, 1.807) is 48.7 Å². The molecule has 2 aromatic rings. The Hall–Kier alpha value is -1.92. The number of carbonyl (C=O) groups excluding carboxylic acids is 1. The molecule has 0 bridgehead atoms. The number of aryl methyl sites for hydroxylation is 1. The highest BCUT2D eigenvalue weighted by Gasteiger charge is 2.19. The van der Waals surface area contributed by atoms with Crippen molar-refractivity contribution in [1.82, 2.24) is 10.3 Å². The van der Waals surface area contributed by atoms with Crippen LogP contribution >= 0.6 is 11.3 Å². The predicted octanol–water partition coefficient (Wildman–Crippen LogP) is 2.59. The second-order valence-corrected chi connectivity index (χ2v) is 6.37. The van der Waals surface area contributed by atoms with Crippen LogP contribution in [0.25, 0.3) is 0 Å². The second kappa shape index (κ2) is 7.38. The standard InChI is InChI=1S/C16H20N2O3S/c1-10-8-17-16(22-10)11(2)18-15(20)12(3)21-14-6-4-5-13(7-14)9-19/h4-8,11-12,19H,9H2,1-3H3,(H,18,20). The van der Waals surface area contributed by atoms with Gasteiger partial charge in [0.25, 0.3) is 5.91 Å². The Bertz CT molecular complexity index is 642. The maximum absolute atomic E-state index is 12.2. The van der Waals surface area contributed by atoms with Crippen molar-refractivity contribution >= 4 is 17.2 Å². The van der Waals surface area contributed by atoms with Gasteiger partial charge in [-0.1, -0.05) is 12.1 Å². The molecule has 5 nitrogen and oxygen atoms in total. The number of amides is 1. The summed E-state index contributed by atoms with van der Waals surface area (Å²) in [5, 5.41) is 12.9. The average Bonchev–Trinajstić information content (AvgIpc) is 2.94. The first-order chi connectivity index (χ1) is 10.5. The van der Waals surface area contributed by atoms with Gasteiger partial charge in [-0.15, -0.1) is 11.3 Å². The van der Waals surface area contributed by atoms with E-state index in [9.17, 15) is 4.79 Å². The minimum atomic E-state index is -0.627. The van der Waals surface area contributed by atoms with Crippen molar-refractivity contribution in [2.45, 2.75) is 39.5 Å². The van der Waals surface area contributed by atoms with Gasteiger partial charge in [0.2, 0.25) is 0 Å². The van der Waals surface area contributed by atoms with Crippen molar-refractivity contribution in [2.75, 3.05) is 0 Å². The van der Waals surface area contributed by atoms with E-state index in [0.717, 1.165) is 15.4 Å². The Labute approximate surface area is 134 Å². The van der Waals surface area contributed by atoms with E-state index in [2.05, 4.69) is 10.3 Å². The fourth-order valence-electron chi connectivity index (χ4n) is 1.94. The maximum Gasteiger partial charge on any atom is 0.261 e. The first-order valence-corrected chi connectivity index (χ1v) is 7.90. The second-order valence-electron chi connectivity index (χ2n) is 5.11.